The average molecular weight is 246 g/mol. The Labute approximate surface area is 97.4 Å². The first-order chi connectivity index (χ1) is 7.43. The highest BCUT2D eigenvalue weighted by atomic mass is 32.2. The maximum Gasteiger partial charge on any atom is 0.327 e. The van der Waals surface area contributed by atoms with Crippen LogP contribution in [0.25, 0.3) is 0 Å². The average Bonchev–Trinajstić information content (AvgIpc) is 2.56. The summed E-state index contributed by atoms with van der Waals surface area (Å²) < 4.78 is 0. The minimum absolute atomic E-state index is 0.149. The maximum atomic E-state index is 11.7. The number of rotatable bonds is 3. The molecule has 2 unspecified atom stereocenters. The van der Waals surface area contributed by atoms with Crippen molar-refractivity contribution >= 4 is 29.5 Å². The van der Waals surface area contributed by atoms with Crippen molar-refractivity contribution in [3.8, 4) is 0 Å². The van der Waals surface area contributed by atoms with Crippen LogP contribution in [0.5, 0.6) is 0 Å². The van der Waals surface area contributed by atoms with Gasteiger partial charge in [-0.3, -0.25) is 9.59 Å². The number of hydrogen-bond acceptors (Lipinski definition) is 4. The highest BCUT2D eigenvalue weighted by molar-refractivity contribution is 8.00. The van der Waals surface area contributed by atoms with E-state index in [2.05, 4.69) is 5.32 Å². The molecule has 0 spiro atoms. The molecule has 0 aromatic carbocycles. The molecule has 1 aliphatic heterocycles. The van der Waals surface area contributed by atoms with Gasteiger partial charge in [0.05, 0.1) is 11.9 Å². The van der Waals surface area contributed by atoms with E-state index >= 15 is 0 Å². The van der Waals surface area contributed by atoms with Crippen molar-refractivity contribution in [3.63, 3.8) is 0 Å². The minimum atomic E-state index is -1.01. The van der Waals surface area contributed by atoms with E-state index in [9.17, 15) is 14.4 Å². The number of carbonyl (C=O) groups is 3. The number of nitrogens with zero attached hydrogens (tertiary/aromatic N) is 1. The van der Waals surface area contributed by atoms with Crippen molar-refractivity contribution in [1.82, 2.24) is 10.2 Å². The predicted octanol–water partition coefficient (Wildman–Crippen LogP) is -0.503. The molecular formula is C9H14N2O4S. The van der Waals surface area contributed by atoms with E-state index in [-0.39, 0.29) is 23.7 Å². The molecular weight excluding hydrogens is 232 g/mol. The van der Waals surface area contributed by atoms with E-state index in [1.807, 2.05) is 0 Å². The molecule has 90 valence electrons. The van der Waals surface area contributed by atoms with Gasteiger partial charge in [-0.05, 0) is 6.92 Å². The van der Waals surface area contributed by atoms with Crippen LogP contribution in [0.15, 0.2) is 0 Å². The molecule has 0 aliphatic carbocycles. The first-order valence-electron chi connectivity index (χ1n) is 4.83. The van der Waals surface area contributed by atoms with Gasteiger partial charge >= 0.3 is 5.97 Å². The third-order valence-corrected chi connectivity index (χ3v) is 3.50. The number of carbonyl (C=O) groups excluding carboxylic acids is 2. The Morgan fingerprint density at radius 3 is 2.62 bits per heavy atom. The Kier molecular flexibility index (Phi) is 4.17. The van der Waals surface area contributed by atoms with Gasteiger partial charge in [0.25, 0.3) is 0 Å². The van der Waals surface area contributed by atoms with Gasteiger partial charge in [-0.2, -0.15) is 0 Å². The van der Waals surface area contributed by atoms with Crippen LogP contribution >= 0.6 is 11.8 Å². The number of carboxylic acids is 1. The van der Waals surface area contributed by atoms with Gasteiger partial charge in [-0.15, -0.1) is 11.8 Å². The van der Waals surface area contributed by atoms with Crippen LogP contribution in [0.3, 0.4) is 0 Å². The second-order valence-electron chi connectivity index (χ2n) is 3.50. The first-order valence-corrected chi connectivity index (χ1v) is 5.88. The lowest BCUT2D eigenvalue weighted by Crippen LogP contribution is -2.48. The Morgan fingerprint density at radius 2 is 2.12 bits per heavy atom. The molecule has 2 N–H and O–H groups in total. The van der Waals surface area contributed by atoms with Gasteiger partial charge in [-0.25, -0.2) is 4.79 Å². The topological polar surface area (TPSA) is 86.7 Å². The van der Waals surface area contributed by atoms with Gasteiger partial charge in [0.2, 0.25) is 11.8 Å². The van der Waals surface area contributed by atoms with Crippen molar-refractivity contribution in [2.75, 3.05) is 12.3 Å². The van der Waals surface area contributed by atoms with Crippen molar-refractivity contribution in [2.24, 2.45) is 0 Å². The van der Waals surface area contributed by atoms with E-state index in [1.165, 1.54) is 23.6 Å². The Morgan fingerprint density at radius 1 is 1.50 bits per heavy atom. The second-order valence-corrected chi connectivity index (χ2v) is 4.85. The molecule has 2 amide bonds. The quantitative estimate of drug-likeness (QED) is 0.701. The van der Waals surface area contributed by atoms with Crippen LogP contribution < -0.4 is 5.32 Å². The summed E-state index contributed by atoms with van der Waals surface area (Å²) in [6, 6.07) is -0.791. The fourth-order valence-corrected chi connectivity index (χ4v) is 2.69. The molecule has 1 rings (SSSR count). The number of nitrogens with one attached hydrogen (secondary N) is 1. The number of thioether (sulfide) groups is 1. The summed E-state index contributed by atoms with van der Waals surface area (Å²) in [5, 5.41) is 11.1. The molecule has 6 nitrogen and oxygen atoms in total. The number of amides is 2. The molecule has 1 fully saturated rings. The summed E-state index contributed by atoms with van der Waals surface area (Å²) in [6.45, 7) is 2.94. The van der Waals surface area contributed by atoms with Gasteiger partial charge < -0.3 is 15.3 Å². The van der Waals surface area contributed by atoms with Crippen LogP contribution in [-0.4, -0.2) is 51.5 Å². The van der Waals surface area contributed by atoms with E-state index in [0.717, 1.165) is 0 Å². The van der Waals surface area contributed by atoms with E-state index < -0.39 is 12.0 Å². The zero-order valence-electron chi connectivity index (χ0n) is 9.10. The normalized spacial score (nSPS) is 24.2. The zero-order valence-corrected chi connectivity index (χ0v) is 9.91. The summed E-state index contributed by atoms with van der Waals surface area (Å²) in [6.07, 6.45) is 0. The lowest BCUT2D eigenvalue weighted by atomic mass is 10.2. The van der Waals surface area contributed by atoms with Crippen LogP contribution in [0, 0.1) is 0 Å². The van der Waals surface area contributed by atoms with E-state index in [1.54, 1.807) is 6.92 Å². The SMILES string of the molecule is CC(=O)NCC(=O)N1C(C)SCC1C(=O)O. The predicted molar refractivity (Wildman–Crippen MR) is 58.9 cm³/mol. The molecule has 0 aromatic heterocycles. The summed E-state index contributed by atoms with van der Waals surface area (Å²) in [7, 11) is 0. The van der Waals surface area contributed by atoms with Crippen LogP contribution in [0.1, 0.15) is 13.8 Å². The number of aliphatic carboxylic acids is 1. The monoisotopic (exact) mass is 246 g/mol. The summed E-state index contributed by atoms with van der Waals surface area (Å²) in [5.74, 6) is -1.28. The number of hydrogen-bond donors (Lipinski definition) is 2. The molecule has 0 bridgehead atoms. The minimum Gasteiger partial charge on any atom is -0.480 e. The Bertz CT molecular complexity index is 321. The van der Waals surface area contributed by atoms with Crippen molar-refractivity contribution in [1.29, 1.82) is 0 Å². The fourth-order valence-electron chi connectivity index (χ4n) is 1.50. The zero-order chi connectivity index (χ0) is 12.3. The van der Waals surface area contributed by atoms with Gasteiger partial charge in [-0.1, -0.05) is 0 Å². The first kappa shape index (κ1) is 12.8. The fraction of sp³-hybridized carbons (Fsp3) is 0.667. The van der Waals surface area contributed by atoms with E-state index in [4.69, 9.17) is 5.11 Å². The second kappa shape index (κ2) is 5.20. The molecule has 1 saturated heterocycles. The largest absolute Gasteiger partial charge is 0.480 e. The summed E-state index contributed by atoms with van der Waals surface area (Å²) in [5.41, 5.74) is 0. The van der Waals surface area contributed by atoms with Crippen LogP contribution in [0.2, 0.25) is 0 Å². The van der Waals surface area contributed by atoms with Gasteiger partial charge in [0.15, 0.2) is 0 Å². The van der Waals surface area contributed by atoms with E-state index in [0.29, 0.717) is 5.75 Å². The Balaban J connectivity index is 2.64. The smallest absolute Gasteiger partial charge is 0.327 e. The molecule has 0 aromatic rings. The highest BCUT2D eigenvalue weighted by Gasteiger charge is 2.39. The lowest BCUT2D eigenvalue weighted by molar-refractivity contribution is -0.148. The van der Waals surface area contributed by atoms with Gasteiger partial charge in [0.1, 0.15) is 6.04 Å². The van der Waals surface area contributed by atoms with Crippen molar-refractivity contribution in [3.05, 3.63) is 0 Å². The molecule has 1 heterocycles. The standard InChI is InChI=1S/C9H14N2O4S/c1-5(12)10-3-8(13)11-6(2)16-4-7(11)9(14)15/h6-7H,3-4H2,1-2H3,(H,10,12)(H,14,15). The third-order valence-electron chi connectivity index (χ3n) is 2.28. The molecule has 16 heavy (non-hydrogen) atoms. The third kappa shape index (κ3) is 2.88. The number of carboxylic acid groups (broad SMARTS) is 1. The molecule has 2 atom stereocenters. The maximum absolute atomic E-state index is 11.7. The Hall–Kier alpha value is -1.24. The van der Waals surface area contributed by atoms with Crippen LogP contribution in [-0.2, 0) is 14.4 Å². The highest BCUT2D eigenvalue weighted by Crippen LogP contribution is 2.28. The lowest BCUT2D eigenvalue weighted by Gasteiger charge is -2.24. The molecule has 0 saturated carbocycles. The van der Waals surface area contributed by atoms with Crippen LogP contribution in [0.4, 0.5) is 0 Å². The molecule has 7 heteroatoms. The molecule has 0 radical (unpaired) electrons. The molecule has 1 aliphatic rings. The summed E-state index contributed by atoms with van der Waals surface area (Å²) in [4.78, 5) is 34.6. The summed E-state index contributed by atoms with van der Waals surface area (Å²) >= 11 is 1.42. The van der Waals surface area contributed by atoms with Gasteiger partial charge in [0, 0.05) is 12.7 Å². The van der Waals surface area contributed by atoms with Crippen molar-refractivity contribution < 1.29 is 19.5 Å². The van der Waals surface area contributed by atoms with Crippen molar-refractivity contribution in [2.45, 2.75) is 25.3 Å².